The lowest BCUT2D eigenvalue weighted by Crippen LogP contribution is -2.16. The van der Waals surface area contributed by atoms with Crippen LogP contribution in [-0.2, 0) is 9.53 Å². The van der Waals surface area contributed by atoms with Crippen LogP contribution in [0.2, 0.25) is 5.02 Å². The van der Waals surface area contributed by atoms with Gasteiger partial charge in [-0.3, -0.25) is 10.1 Å². The number of nitro groups is 1. The van der Waals surface area contributed by atoms with Gasteiger partial charge in [0.15, 0.2) is 0 Å². The van der Waals surface area contributed by atoms with Crippen LogP contribution in [0.1, 0.15) is 6.92 Å². The third-order valence-corrected chi connectivity index (χ3v) is 1.99. The highest BCUT2D eigenvalue weighted by Gasteiger charge is 2.23. The number of halogens is 1. The van der Waals surface area contributed by atoms with Crippen molar-refractivity contribution in [2.24, 2.45) is 0 Å². The smallest absolute Gasteiger partial charge is 0.411 e. The van der Waals surface area contributed by atoms with E-state index in [1.807, 2.05) is 0 Å². The van der Waals surface area contributed by atoms with Crippen LogP contribution >= 0.6 is 11.6 Å². The van der Waals surface area contributed by atoms with Gasteiger partial charge in [0, 0.05) is 6.20 Å². The van der Waals surface area contributed by atoms with Gasteiger partial charge in [-0.05, 0) is 19.1 Å². The van der Waals surface area contributed by atoms with E-state index in [9.17, 15) is 14.9 Å². The Hall–Kier alpha value is -2.15. The SMILES string of the molecule is CCOC(=O)/C(=C/Nc1ccc(Cl)cn1)[N+](=O)[O-]. The van der Waals surface area contributed by atoms with Gasteiger partial charge in [-0.2, -0.15) is 0 Å². The Morgan fingerprint density at radius 2 is 2.39 bits per heavy atom. The van der Waals surface area contributed by atoms with E-state index in [1.54, 1.807) is 13.0 Å². The number of hydrogen-bond donors (Lipinski definition) is 1. The first-order chi connectivity index (χ1) is 8.54. The Labute approximate surface area is 108 Å². The number of nitrogens with zero attached hydrogens (tertiary/aromatic N) is 2. The van der Waals surface area contributed by atoms with Gasteiger partial charge in [0.25, 0.3) is 0 Å². The summed E-state index contributed by atoms with van der Waals surface area (Å²) in [5.41, 5.74) is -0.700. The summed E-state index contributed by atoms with van der Waals surface area (Å²) >= 11 is 5.63. The van der Waals surface area contributed by atoms with E-state index in [-0.39, 0.29) is 6.61 Å². The van der Waals surface area contributed by atoms with Crippen LogP contribution in [0.4, 0.5) is 5.82 Å². The van der Waals surface area contributed by atoms with E-state index < -0.39 is 16.6 Å². The van der Waals surface area contributed by atoms with Crippen molar-refractivity contribution in [2.75, 3.05) is 11.9 Å². The summed E-state index contributed by atoms with van der Waals surface area (Å²) in [5.74, 6) is -0.688. The van der Waals surface area contributed by atoms with Gasteiger partial charge in [0.05, 0.1) is 22.8 Å². The molecule has 1 rings (SSSR count). The minimum atomic E-state index is -1.01. The summed E-state index contributed by atoms with van der Waals surface area (Å²) in [4.78, 5) is 24.9. The van der Waals surface area contributed by atoms with Crippen LogP contribution in [0.25, 0.3) is 0 Å². The van der Waals surface area contributed by atoms with Gasteiger partial charge < -0.3 is 10.1 Å². The molecule has 0 bridgehead atoms. The number of carbonyl (C=O) groups excluding carboxylic acids is 1. The molecule has 1 N–H and O–H groups in total. The molecule has 1 aromatic rings. The van der Waals surface area contributed by atoms with Gasteiger partial charge in [0.2, 0.25) is 0 Å². The first-order valence-corrected chi connectivity index (χ1v) is 5.32. The molecule has 1 aromatic heterocycles. The molecular formula is C10H10ClN3O4. The fourth-order valence-electron chi connectivity index (χ4n) is 0.995. The zero-order chi connectivity index (χ0) is 13.5. The highest BCUT2D eigenvalue weighted by molar-refractivity contribution is 6.30. The number of ether oxygens (including phenoxy) is 1. The number of rotatable bonds is 5. The van der Waals surface area contributed by atoms with Crippen molar-refractivity contribution >= 4 is 23.4 Å². The minimum Gasteiger partial charge on any atom is -0.458 e. The van der Waals surface area contributed by atoms with Crippen molar-refractivity contribution < 1.29 is 14.5 Å². The molecule has 7 nitrogen and oxygen atoms in total. The second-order valence-electron chi connectivity index (χ2n) is 3.01. The summed E-state index contributed by atoms with van der Waals surface area (Å²) < 4.78 is 4.54. The van der Waals surface area contributed by atoms with Crippen LogP contribution in [0.3, 0.4) is 0 Å². The number of nitrogens with one attached hydrogen (secondary N) is 1. The topological polar surface area (TPSA) is 94.4 Å². The lowest BCUT2D eigenvalue weighted by Gasteiger charge is -2.01. The number of hydrogen-bond acceptors (Lipinski definition) is 6. The van der Waals surface area contributed by atoms with Crippen LogP contribution in [0, 0.1) is 10.1 Å². The number of esters is 1. The first-order valence-electron chi connectivity index (χ1n) is 4.94. The van der Waals surface area contributed by atoms with Crippen molar-refractivity contribution in [2.45, 2.75) is 6.92 Å². The van der Waals surface area contributed by atoms with Crippen LogP contribution < -0.4 is 5.32 Å². The molecule has 0 amide bonds. The van der Waals surface area contributed by atoms with Gasteiger partial charge in [-0.1, -0.05) is 11.6 Å². The van der Waals surface area contributed by atoms with E-state index in [4.69, 9.17) is 11.6 Å². The fraction of sp³-hybridized carbons (Fsp3) is 0.200. The van der Waals surface area contributed by atoms with Crippen molar-refractivity contribution in [3.05, 3.63) is 45.4 Å². The lowest BCUT2D eigenvalue weighted by molar-refractivity contribution is -0.421. The maximum absolute atomic E-state index is 11.2. The Bertz CT molecular complexity index is 473. The Morgan fingerprint density at radius 1 is 1.67 bits per heavy atom. The van der Waals surface area contributed by atoms with E-state index in [2.05, 4.69) is 15.0 Å². The highest BCUT2D eigenvalue weighted by atomic mass is 35.5. The van der Waals surface area contributed by atoms with Crippen LogP contribution in [-0.4, -0.2) is 22.5 Å². The van der Waals surface area contributed by atoms with Gasteiger partial charge in [0.1, 0.15) is 5.82 Å². The normalized spacial score (nSPS) is 10.9. The van der Waals surface area contributed by atoms with Crippen molar-refractivity contribution in [3.8, 4) is 0 Å². The summed E-state index contributed by atoms with van der Waals surface area (Å²) in [6.07, 6.45) is 2.29. The molecule has 0 unspecified atom stereocenters. The number of aromatic nitrogens is 1. The second-order valence-corrected chi connectivity index (χ2v) is 3.45. The molecule has 0 radical (unpaired) electrons. The van der Waals surface area contributed by atoms with Gasteiger partial charge in [-0.15, -0.1) is 0 Å². The Morgan fingerprint density at radius 3 is 2.89 bits per heavy atom. The summed E-state index contributed by atoms with van der Waals surface area (Å²) in [6.45, 7) is 1.62. The van der Waals surface area contributed by atoms with Crippen molar-refractivity contribution in [3.63, 3.8) is 0 Å². The minimum absolute atomic E-state index is 0.0587. The molecule has 1 heterocycles. The number of carbonyl (C=O) groups is 1. The number of pyridine rings is 1. The van der Waals surface area contributed by atoms with Crippen LogP contribution in [0.15, 0.2) is 30.2 Å². The Kier molecular flexibility index (Phi) is 5.06. The third kappa shape index (κ3) is 4.02. The molecule has 0 fully saturated rings. The van der Waals surface area contributed by atoms with Gasteiger partial charge >= 0.3 is 11.7 Å². The summed E-state index contributed by atoms with van der Waals surface area (Å²) in [7, 11) is 0. The largest absolute Gasteiger partial charge is 0.458 e. The van der Waals surface area contributed by atoms with Crippen molar-refractivity contribution in [1.82, 2.24) is 4.98 Å². The zero-order valence-electron chi connectivity index (χ0n) is 9.42. The molecule has 0 aliphatic carbocycles. The number of anilines is 1. The second kappa shape index (κ2) is 6.55. The van der Waals surface area contributed by atoms with E-state index in [1.165, 1.54) is 12.3 Å². The standard InChI is InChI=1S/C10H10ClN3O4/c1-2-18-10(15)8(14(16)17)6-13-9-4-3-7(11)5-12-9/h3-6H,2H2,1H3,(H,12,13)/b8-6-. The first kappa shape index (κ1) is 13.9. The predicted molar refractivity (Wildman–Crippen MR) is 64.6 cm³/mol. The molecule has 0 aromatic carbocycles. The Balaban J connectivity index is 2.80. The average molecular weight is 272 g/mol. The highest BCUT2D eigenvalue weighted by Crippen LogP contribution is 2.10. The van der Waals surface area contributed by atoms with E-state index in [0.717, 1.165) is 6.20 Å². The van der Waals surface area contributed by atoms with Crippen molar-refractivity contribution in [1.29, 1.82) is 0 Å². The molecule has 96 valence electrons. The van der Waals surface area contributed by atoms with E-state index in [0.29, 0.717) is 10.8 Å². The van der Waals surface area contributed by atoms with Gasteiger partial charge in [-0.25, -0.2) is 9.78 Å². The third-order valence-electron chi connectivity index (χ3n) is 1.77. The monoisotopic (exact) mass is 271 g/mol. The van der Waals surface area contributed by atoms with E-state index >= 15 is 0 Å². The molecule has 0 aliphatic heterocycles. The summed E-state index contributed by atoms with van der Waals surface area (Å²) in [6, 6.07) is 3.07. The molecule has 0 aliphatic rings. The molecule has 0 atom stereocenters. The predicted octanol–water partition coefficient (Wildman–Crippen LogP) is 1.83. The molecule has 8 heteroatoms. The maximum atomic E-state index is 11.2. The summed E-state index contributed by atoms with van der Waals surface area (Å²) in [5, 5.41) is 13.6. The maximum Gasteiger partial charge on any atom is 0.411 e. The molecule has 0 saturated carbocycles. The lowest BCUT2D eigenvalue weighted by atomic mass is 10.4. The molecule has 0 saturated heterocycles. The fourth-order valence-corrected chi connectivity index (χ4v) is 1.11. The zero-order valence-corrected chi connectivity index (χ0v) is 10.2. The molecule has 18 heavy (non-hydrogen) atoms. The quantitative estimate of drug-likeness (QED) is 0.380. The molecule has 0 spiro atoms. The average Bonchev–Trinajstić information content (AvgIpc) is 2.31. The molecular weight excluding hydrogens is 262 g/mol. The van der Waals surface area contributed by atoms with Crippen LogP contribution in [0.5, 0.6) is 0 Å².